The van der Waals surface area contributed by atoms with E-state index in [-0.39, 0.29) is 23.2 Å². The van der Waals surface area contributed by atoms with Gasteiger partial charge in [0.25, 0.3) is 17.7 Å². The number of carbonyl (C=O) groups excluding carboxylic acids is 3. The first-order chi connectivity index (χ1) is 13.8. The Bertz CT molecular complexity index is 1010. The highest BCUT2D eigenvalue weighted by atomic mass is 32.1. The largest absolute Gasteiger partial charge is 0.483 e. The number of anilines is 1. The molecular weight excluding hydrogens is 390 g/mol. The van der Waals surface area contributed by atoms with Crippen molar-refractivity contribution >= 4 is 46.8 Å². The molecular formula is C21H19N3O4S. The monoisotopic (exact) mass is 409 g/mol. The fraction of sp³-hybridized carbons (Fsp3) is 0.143. The highest BCUT2D eigenvalue weighted by Crippen LogP contribution is 2.23. The highest BCUT2D eigenvalue weighted by Gasteiger charge is 2.31. The Labute approximate surface area is 173 Å². The average molecular weight is 409 g/mol. The van der Waals surface area contributed by atoms with Crippen molar-refractivity contribution in [2.24, 2.45) is 0 Å². The Hall–Kier alpha value is -3.52. The molecule has 2 aromatic carbocycles. The number of nitrogens with one attached hydrogen (secondary N) is 2. The number of para-hydroxylation sites is 1. The van der Waals surface area contributed by atoms with E-state index in [0.717, 1.165) is 5.56 Å². The summed E-state index contributed by atoms with van der Waals surface area (Å²) in [6, 6.07) is 14.2. The Morgan fingerprint density at radius 2 is 1.86 bits per heavy atom. The molecule has 8 heteroatoms. The number of nitrogens with zero attached hydrogens (tertiary/aromatic N) is 1. The molecule has 29 heavy (non-hydrogen) atoms. The second-order valence-corrected chi connectivity index (χ2v) is 6.81. The number of benzene rings is 2. The van der Waals surface area contributed by atoms with E-state index in [1.165, 1.54) is 18.0 Å². The number of amides is 3. The quantitative estimate of drug-likeness (QED) is 0.449. The third-order valence-corrected chi connectivity index (χ3v) is 4.59. The molecule has 3 rings (SSSR count). The first-order valence-corrected chi connectivity index (χ1v) is 9.19. The van der Waals surface area contributed by atoms with Crippen LogP contribution in [0.5, 0.6) is 5.75 Å². The minimum Gasteiger partial charge on any atom is -0.483 e. The maximum Gasteiger partial charge on any atom is 0.265 e. The van der Waals surface area contributed by atoms with Gasteiger partial charge >= 0.3 is 0 Å². The molecule has 3 amide bonds. The van der Waals surface area contributed by atoms with Gasteiger partial charge in [-0.05, 0) is 43.4 Å². The van der Waals surface area contributed by atoms with Gasteiger partial charge in [-0.25, -0.2) is 0 Å². The highest BCUT2D eigenvalue weighted by molar-refractivity contribution is 7.80. The summed E-state index contributed by atoms with van der Waals surface area (Å²) in [5.41, 5.74) is 2.19. The lowest BCUT2D eigenvalue weighted by molar-refractivity contribution is -0.128. The van der Waals surface area contributed by atoms with Crippen molar-refractivity contribution in [3.63, 3.8) is 0 Å². The molecule has 1 fully saturated rings. The van der Waals surface area contributed by atoms with Crippen molar-refractivity contribution in [3.05, 3.63) is 65.2 Å². The molecule has 0 spiro atoms. The van der Waals surface area contributed by atoms with Crippen molar-refractivity contribution in [3.8, 4) is 5.75 Å². The van der Waals surface area contributed by atoms with Crippen LogP contribution in [-0.2, 0) is 14.4 Å². The van der Waals surface area contributed by atoms with E-state index in [1.54, 1.807) is 36.4 Å². The minimum atomic E-state index is -0.579. The molecule has 7 nitrogen and oxygen atoms in total. The predicted octanol–water partition coefficient (Wildman–Crippen LogP) is 2.27. The smallest absolute Gasteiger partial charge is 0.265 e. The van der Waals surface area contributed by atoms with Gasteiger partial charge in [-0.3, -0.25) is 24.6 Å². The van der Waals surface area contributed by atoms with Gasteiger partial charge in [0.05, 0.1) is 0 Å². The van der Waals surface area contributed by atoms with E-state index >= 15 is 0 Å². The normalized spacial score (nSPS) is 15.3. The summed E-state index contributed by atoms with van der Waals surface area (Å²) in [5, 5.41) is 5.25. The van der Waals surface area contributed by atoms with Crippen molar-refractivity contribution in [1.29, 1.82) is 0 Å². The van der Waals surface area contributed by atoms with E-state index < -0.39 is 11.8 Å². The van der Waals surface area contributed by atoms with Gasteiger partial charge < -0.3 is 10.1 Å². The Morgan fingerprint density at radius 3 is 2.59 bits per heavy atom. The molecule has 2 aromatic rings. The van der Waals surface area contributed by atoms with E-state index in [9.17, 15) is 14.4 Å². The van der Waals surface area contributed by atoms with Crippen molar-refractivity contribution in [1.82, 2.24) is 10.2 Å². The molecule has 0 saturated carbocycles. The number of ether oxygens (including phenoxy) is 1. The summed E-state index contributed by atoms with van der Waals surface area (Å²) < 4.78 is 5.62. The lowest BCUT2D eigenvalue weighted by atomic mass is 10.1. The van der Waals surface area contributed by atoms with Crippen LogP contribution in [0.4, 0.5) is 5.69 Å². The summed E-state index contributed by atoms with van der Waals surface area (Å²) in [7, 11) is 1.48. The Balaban J connectivity index is 1.73. The lowest BCUT2D eigenvalue weighted by Crippen LogP contribution is -2.52. The van der Waals surface area contributed by atoms with Crippen molar-refractivity contribution in [2.75, 3.05) is 19.0 Å². The first kappa shape index (κ1) is 20.2. The summed E-state index contributed by atoms with van der Waals surface area (Å²) in [5.74, 6) is -1.04. The third-order valence-electron chi connectivity index (χ3n) is 4.22. The van der Waals surface area contributed by atoms with Crippen LogP contribution < -0.4 is 15.4 Å². The molecule has 148 valence electrons. The topological polar surface area (TPSA) is 87.7 Å². The maximum atomic E-state index is 12.4. The fourth-order valence-electron chi connectivity index (χ4n) is 2.61. The molecule has 1 heterocycles. The zero-order valence-corrected chi connectivity index (χ0v) is 16.7. The molecule has 0 unspecified atom stereocenters. The van der Waals surface area contributed by atoms with Crippen LogP contribution in [0.15, 0.2) is 54.1 Å². The van der Waals surface area contributed by atoms with Gasteiger partial charge in [0.1, 0.15) is 11.3 Å². The zero-order chi connectivity index (χ0) is 21.0. The maximum absolute atomic E-state index is 12.4. The van der Waals surface area contributed by atoms with Crippen LogP contribution in [-0.4, -0.2) is 41.4 Å². The number of hydrogen-bond acceptors (Lipinski definition) is 5. The lowest BCUT2D eigenvalue weighted by Gasteiger charge is -2.25. The van der Waals surface area contributed by atoms with E-state index in [4.69, 9.17) is 17.0 Å². The fourth-order valence-corrected chi connectivity index (χ4v) is 2.79. The predicted molar refractivity (Wildman–Crippen MR) is 113 cm³/mol. The van der Waals surface area contributed by atoms with Gasteiger partial charge in [-0.1, -0.05) is 35.9 Å². The van der Waals surface area contributed by atoms with Crippen LogP contribution in [0.25, 0.3) is 6.08 Å². The van der Waals surface area contributed by atoms with Crippen molar-refractivity contribution < 1.29 is 19.1 Å². The number of hydrogen-bond donors (Lipinski definition) is 2. The minimum absolute atomic E-state index is 0.0504. The van der Waals surface area contributed by atoms with E-state index in [0.29, 0.717) is 17.0 Å². The molecule has 2 N–H and O–H groups in total. The number of aryl methyl sites for hydroxylation is 1. The molecule has 0 bridgehead atoms. The number of thiocarbonyl (C=S) groups is 1. The number of likely N-dealkylation sites (N-methyl/N-ethyl adjacent to an activating group) is 1. The van der Waals surface area contributed by atoms with Gasteiger partial charge in [0.15, 0.2) is 11.7 Å². The first-order valence-electron chi connectivity index (χ1n) is 8.78. The van der Waals surface area contributed by atoms with Crippen LogP contribution in [0.1, 0.15) is 11.1 Å². The number of rotatable bonds is 5. The standard InChI is InChI=1S/C21H19N3O4S/c1-13-7-9-15(10-8-13)22-18(25)12-28-17-6-4-3-5-14(17)11-16-19(26)23-21(29)24(2)20(16)27/h3-11H,12H2,1-2H3,(H,22,25)(H,23,26,29)/b16-11+. The average Bonchev–Trinajstić information content (AvgIpc) is 2.70. The molecule has 1 aliphatic rings. The van der Waals surface area contributed by atoms with E-state index in [1.807, 2.05) is 19.1 Å². The van der Waals surface area contributed by atoms with Crippen LogP contribution in [0.2, 0.25) is 0 Å². The Morgan fingerprint density at radius 1 is 1.17 bits per heavy atom. The molecule has 1 saturated heterocycles. The molecule has 0 aliphatic carbocycles. The van der Waals surface area contributed by atoms with Crippen LogP contribution in [0, 0.1) is 6.92 Å². The van der Waals surface area contributed by atoms with Gasteiger partial charge in [-0.15, -0.1) is 0 Å². The second-order valence-electron chi connectivity index (χ2n) is 6.42. The number of carbonyl (C=O) groups is 3. The van der Waals surface area contributed by atoms with Crippen LogP contribution >= 0.6 is 12.2 Å². The molecule has 0 radical (unpaired) electrons. The van der Waals surface area contributed by atoms with Crippen LogP contribution in [0.3, 0.4) is 0 Å². The zero-order valence-electron chi connectivity index (χ0n) is 15.9. The molecule has 1 aliphatic heterocycles. The van der Waals surface area contributed by atoms with Gasteiger partial charge in [0, 0.05) is 18.3 Å². The van der Waals surface area contributed by atoms with Gasteiger partial charge in [0.2, 0.25) is 0 Å². The summed E-state index contributed by atoms with van der Waals surface area (Å²) >= 11 is 4.93. The SMILES string of the molecule is Cc1ccc(NC(=O)COc2ccccc2/C=C2\C(=O)NC(=S)N(C)C2=O)cc1. The van der Waals surface area contributed by atoms with Crippen molar-refractivity contribution in [2.45, 2.75) is 6.92 Å². The molecule has 0 atom stereocenters. The van der Waals surface area contributed by atoms with E-state index in [2.05, 4.69) is 10.6 Å². The van der Waals surface area contributed by atoms with Gasteiger partial charge in [-0.2, -0.15) is 0 Å². The second kappa shape index (κ2) is 8.66. The third kappa shape index (κ3) is 4.85. The summed E-state index contributed by atoms with van der Waals surface area (Å²) in [4.78, 5) is 37.9. The summed E-state index contributed by atoms with van der Waals surface area (Å²) in [6.45, 7) is 1.74. The Kier molecular flexibility index (Phi) is 6.04. The summed E-state index contributed by atoms with van der Waals surface area (Å²) in [6.07, 6.45) is 1.42. The molecule has 0 aromatic heterocycles.